The van der Waals surface area contributed by atoms with Gasteiger partial charge in [0.05, 0.1) is 0 Å². The highest BCUT2D eigenvalue weighted by Gasteiger charge is 2.18. The summed E-state index contributed by atoms with van der Waals surface area (Å²) in [6.07, 6.45) is 1.98. The van der Waals surface area contributed by atoms with Gasteiger partial charge >= 0.3 is 0 Å². The number of amides is 1. The van der Waals surface area contributed by atoms with Crippen LogP contribution in [-0.4, -0.2) is 30.0 Å². The van der Waals surface area contributed by atoms with Gasteiger partial charge < -0.3 is 10.6 Å². The van der Waals surface area contributed by atoms with E-state index in [9.17, 15) is 4.79 Å². The molecule has 1 aliphatic rings. The third kappa shape index (κ3) is 3.05. The molecule has 1 fully saturated rings. The molecule has 1 amide bonds. The van der Waals surface area contributed by atoms with Crippen LogP contribution in [0.2, 0.25) is 0 Å². The minimum Gasteiger partial charge on any atom is -0.348 e. The van der Waals surface area contributed by atoms with Gasteiger partial charge in [0.25, 0.3) is 5.91 Å². The molecule has 20 heavy (non-hydrogen) atoms. The van der Waals surface area contributed by atoms with E-state index in [1.54, 1.807) is 0 Å². The van der Waals surface area contributed by atoms with Gasteiger partial charge in [-0.15, -0.1) is 11.3 Å². The molecular weight excluding hydrogens is 270 g/mol. The maximum Gasteiger partial charge on any atom is 0.270 e. The molecule has 0 unspecified atom stereocenters. The molecule has 104 valence electrons. The zero-order valence-electron chi connectivity index (χ0n) is 11.1. The van der Waals surface area contributed by atoms with Crippen molar-refractivity contribution in [3.63, 3.8) is 0 Å². The highest BCUT2D eigenvalue weighted by molar-refractivity contribution is 7.13. The Balaban J connectivity index is 1.68. The quantitative estimate of drug-likeness (QED) is 0.910. The number of carbonyl (C=O) groups is 1. The monoisotopic (exact) mass is 287 g/mol. The van der Waals surface area contributed by atoms with Crippen LogP contribution in [0.25, 0.3) is 10.6 Å². The highest BCUT2D eigenvalue weighted by Crippen LogP contribution is 2.23. The maximum atomic E-state index is 12.2. The Labute approximate surface area is 122 Å². The van der Waals surface area contributed by atoms with Crippen molar-refractivity contribution in [2.24, 2.45) is 0 Å². The number of piperidine rings is 1. The van der Waals surface area contributed by atoms with Crippen molar-refractivity contribution in [1.82, 2.24) is 15.6 Å². The lowest BCUT2D eigenvalue weighted by Crippen LogP contribution is -2.42. The second kappa shape index (κ2) is 6.15. The highest BCUT2D eigenvalue weighted by atomic mass is 32.1. The van der Waals surface area contributed by atoms with Gasteiger partial charge in [-0.3, -0.25) is 4.79 Å². The first kappa shape index (κ1) is 13.3. The van der Waals surface area contributed by atoms with E-state index in [2.05, 4.69) is 15.6 Å². The minimum absolute atomic E-state index is 0.0599. The van der Waals surface area contributed by atoms with Crippen molar-refractivity contribution in [1.29, 1.82) is 0 Å². The summed E-state index contributed by atoms with van der Waals surface area (Å²) < 4.78 is 0. The molecular formula is C15H17N3OS. The Morgan fingerprint density at radius 3 is 2.75 bits per heavy atom. The van der Waals surface area contributed by atoms with E-state index < -0.39 is 0 Å². The summed E-state index contributed by atoms with van der Waals surface area (Å²) in [5, 5.41) is 9.08. The number of nitrogens with one attached hydrogen (secondary N) is 2. The fourth-order valence-electron chi connectivity index (χ4n) is 2.32. The molecule has 2 aromatic rings. The third-order valence-corrected chi connectivity index (χ3v) is 4.32. The molecule has 2 N–H and O–H groups in total. The average molecular weight is 287 g/mol. The van der Waals surface area contributed by atoms with E-state index >= 15 is 0 Å². The van der Waals surface area contributed by atoms with Crippen molar-refractivity contribution < 1.29 is 4.79 Å². The van der Waals surface area contributed by atoms with Crippen molar-refractivity contribution >= 4 is 17.2 Å². The number of nitrogens with zero attached hydrogens (tertiary/aromatic N) is 1. The molecule has 0 bridgehead atoms. The van der Waals surface area contributed by atoms with Crippen LogP contribution in [0, 0.1) is 0 Å². The second-order valence-corrected chi connectivity index (χ2v) is 5.76. The summed E-state index contributed by atoms with van der Waals surface area (Å²) >= 11 is 1.51. The zero-order chi connectivity index (χ0) is 13.8. The molecule has 1 aliphatic heterocycles. The van der Waals surface area contributed by atoms with Gasteiger partial charge in [-0.05, 0) is 25.9 Å². The van der Waals surface area contributed by atoms with Crippen LogP contribution in [-0.2, 0) is 0 Å². The van der Waals surface area contributed by atoms with Gasteiger partial charge in [0, 0.05) is 17.0 Å². The average Bonchev–Trinajstić information content (AvgIpc) is 2.99. The zero-order valence-corrected chi connectivity index (χ0v) is 12.0. The maximum absolute atomic E-state index is 12.2. The molecule has 3 rings (SSSR count). The number of carbonyl (C=O) groups excluding carboxylic acids is 1. The molecule has 1 aromatic carbocycles. The molecule has 0 saturated carbocycles. The number of aromatic nitrogens is 1. The predicted molar refractivity (Wildman–Crippen MR) is 80.9 cm³/mol. The van der Waals surface area contributed by atoms with E-state index in [4.69, 9.17) is 0 Å². The number of hydrogen-bond acceptors (Lipinski definition) is 4. The molecule has 2 heterocycles. The number of hydrogen-bond donors (Lipinski definition) is 2. The van der Waals surface area contributed by atoms with Crippen molar-refractivity contribution in [2.75, 3.05) is 13.1 Å². The van der Waals surface area contributed by atoms with Crippen molar-refractivity contribution in [3.05, 3.63) is 41.4 Å². The standard InChI is InChI=1S/C15H17N3OS/c19-14(17-12-6-8-16-9-7-12)13-10-20-15(18-13)11-4-2-1-3-5-11/h1-5,10,12,16H,6-9H2,(H,17,19). The molecule has 0 atom stereocenters. The van der Waals surface area contributed by atoms with Crippen LogP contribution in [0.1, 0.15) is 23.3 Å². The smallest absolute Gasteiger partial charge is 0.270 e. The van der Waals surface area contributed by atoms with E-state index in [1.165, 1.54) is 11.3 Å². The Morgan fingerprint density at radius 1 is 1.25 bits per heavy atom. The number of thiazole rings is 1. The fourth-order valence-corrected chi connectivity index (χ4v) is 3.12. The molecule has 1 saturated heterocycles. The summed E-state index contributed by atoms with van der Waals surface area (Å²) in [6, 6.07) is 10.2. The van der Waals surface area contributed by atoms with Gasteiger partial charge in [0.2, 0.25) is 0 Å². The Kier molecular flexibility index (Phi) is 4.08. The first-order chi connectivity index (χ1) is 9.83. The first-order valence-electron chi connectivity index (χ1n) is 6.85. The van der Waals surface area contributed by atoms with E-state index in [0.29, 0.717) is 5.69 Å². The number of benzene rings is 1. The van der Waals surface area contributed by atoms with Gasteiger partial charge in [-0.1, -0.05) is 30.3 Å². The normalized spacial score (nSPS) is 16.0. The van der Waals surface area contributed by atoms with E-state index in [-0.39, 0.29) is 11.9 Å². The third-order valence-electron chi connectivity index (χ3n) is 3.43. The van der Waals surface area contributed by atoms with Crippen LogP contribution in [0.5, 0.6) is 0 Å². The summed E-state index contributed by atoms with van der Waals surface area (Å²) in [4.78, 5) is 16.6. The molecule has 0 aliphatic carbocycles. The second-order valence-electron chi connectivity index (χ2n) is 4.90. The molecule has 5 heteroatoms. The first-order valence-corrected chi connectivity index (χ1v) is 7.73. The van der Waals surface area contributed by atoms with Gasteiger partial charge in [-0.2, -0.15) is 0 Å². The van der Waals surface area contributed by atoms with Crippen LogP contribution >= 0.6 is 11.3 Å². The predicted octanol–water partition coefficient (Wildman–Crippen LogP) is 2.29. The largest absolute Gasteiger partial charge is 0.348 e. The lowest BCUT2D eigenvalue weighted by Gasteiger charge is -2.23. The van der Waals surface area contributed by atoms with E-state index in [1.807, 2.05) is 35.7 Å². The topological polar surface area (TPSA) is 54.0 Å². The minimum atomic E-state index is -0.0599. The molecule has 0 radical (unpaired) electrons. The lowest BCUT2D eigenvalue weighted by molar-refractivity contribution is 0.0925. The van der Waals surface area contributed by atoms with Gasteiger partial charge in [0.15, 0.2) is 0 Å². The van der Waals surface area contributed by atoms with Crippen molar-refractivity contribution in [2.45, 2.75) is 18.9 Å². The summed E-state index contributed by atoms with van der Waals surface area (Å²) in [5.41, 5.74) is 1.57. The Hall–Kier alpha value is -1.72. The summed E-state index contributed by atoms with van der Waals surface area (Å²) in [7, 11) is 0. The van der Waals surface area contributed by atoms with E-state index in [0.717, 1.165) is 36.5 Å². The van der Waals surface area contributed by atoms with Crippen LogP contribution in [0.4, 0.5) is 0 Å². The van der Waals surface area contributed by atoms with Gasteiger partial charge in [0.1, 0.15) is 10.7 Å². The Morgan fingerprint density at radius 2 is 2.00 bits per heavy atom. The molecule has 1 aromatic heterocycles. The fraction of sp³-hybridized carbons (Fsp3) is 0.333. The number of rotatable bonds is 3. The summed E-state index contributed by atoms with van der Waals surface area (Å²) in [5.74, 6) is -0.0599. The molecule has 0 spiro atoms. The van der Waals surface area contributed by atoms with Crippen molar-refractivity contribution in [3.8, 4) is 10.6 Å². The molecule has 4 nitrogen and oxygen atoms in total. The van der Waals surface area contributed by atoms with Crippen LogP contribution in [0.15, 0.2) is 35.7 Å². The van der Waals surface area contributed by atoms with Crippen LogP contribution < -0.4 is 10.6 Å². The van der Waals surface area contributed by atoms with Gasteiger partial charge in [-0.25, -0.2) is 4.98 Å². The lowest BCUT2D eigenvalue weighted by atomic mass is 10.1. The summed E-state index contributed by atoms with van der Waals surface area (Å²) in [6.45, 7) is 1.94. The van der Waals surface area contributed by atoms with Crippen LogP contribution in [0.3, 0.4) is 0 Å². The SMILES string of the molecule is O=C(NC1CCNCC1)c1csc(-c2ccccc2)n1. The Bertz CT molecular complexity index is 576.